The van der Waals surface area contributed by atoms with Gasteiger partial charge in [-0.2, -0.15) is 5.10 Å². The SMILES string of the molecule is CCNC(=NCc1ccccn1)NCc1nc(-c2ccc(OC)cc2)n[nH]1. The van der Waals surface area contributed by atoms with Crippen molar-refractivity contribution < 1.29 is 4.74 Å². The first-order valence-electron chi connectivity index (χ1n) is 8.76. The molecule has 3 aromatic rings. The molecule has 0 aliphatic carbocycles. The molecule has 0 saturated carbocycles. The average molecular weight is 365 g/mol. The molecule has 27 heavy (non-hydrogen) atoms. The van der Waals surface area contributed by atoms with E-state index in [0.717, 1.165) is 29.4 Å². The van der Waals surface area contributed by atoms with Gasteiger partial charge in [-0.05, 0) is 43.3 Å². The zero-order valence-corrected chi connectivity index (χ0v) is 15.4. The van der Waals surface area contributed by atoms with Crippen LogP contribution in [-0.2, 0) is 13.1 Å². The Morgan fingerprint density at radius 2 is 2.00 bits per heavy atom. The molecule has 0 aliphatic rings. The molecule has 0 radical (unpaired) electrons. The second-order valence-corrected chi connectivity index (χ2v) is 5.70. The van der Waals surface area contributed by atoms with Crippen molar-refractivity contribution in [3.05, 3.63) is 60.2 Å². The van der Waals surface area contributed by atoms with Crippen LogP contribution < -0.4 is 15.4 Å². The lowest BCUT2D eigenvalue weighted by molar-refractivity contribution is 0.415. The maximum Gasteiger partial charge on any atom is 0.192 e. The molecule has 2 aromatic heterocycles. The van der Waals surface area contributed by atoms with Crippen LogP contribution in [0.2, 0.25) is 0 Å². The molecule has 0 aliphatic heterocycles. The number of nitrogens with zero attached hydrogens (tertiary/aromatic N) is 4. The van der Waals surface area contributed by atoms with Gasteiger partial charge in [0.1, 0.15) is 11.6 Å². The van der Waals surface area contributed by atoms with Crippen LogP contribution in [0.4, 0.5) is 0 Å². The maximum absolute atomic E-state index is 5.17. The van der Waals surface area contributed by atoms with E-state index in [-0.39, 0.29) is 0 Å². The van der Waals surface area contributed by atoms with Crippen LogP contribution in [0.5, 0.6) is 5.75 Å². The Kier molecular flexibility index (Phi) is 6.35. The van der Waals surface area contributed by atoms with Crippen molar-refractivity contribution in [2.75, 3.05) is 13.7 Å². The molecule has 1 aromatic carbocycles. The van der Waals surface area contributed by atoms with Gasteiger partial charge in [-0.3, -0.25) is 10.1 Å². The van der Waals surface area contributed by atoms with E-state index in [4.69, 9.17) is 4.74 Å². The highest BCUT2D eigenvalue weighted by atomic mass is 16.5. The Bertz CT molecular complexity index is 859. The molecular weight excluding hydrogens is 342 g/mol. The van der Waals surface area contributed by atoms with Crippen LogP contribution >= 0.6 is 0 Å². The molecule has 0 saturated heterocycles. The standard InChI is InChI=1S/C19H23N7O/c1-3-20-19(22-12-15-6-4-5-11-21-15)23-13-17-24-18(26-25-17)14-7-9-16(27-2)10-8-14/h4-11H,3,12-13H2,1-2H3,(H2,20,22,23)(H,24,25,26). The second-order valence-electron chi connectivity index (χ2n) is 5.70. The van der Waals surface area contributed by atoms with Crippen molar-refractivity contribution in [2.45, 2.75) is 20.0 Å². The van der Waals surface area contributed by atoms with Crippen LogP contribution in [0.1, 0.15) is 18.4 Å². The molecule has 3 N–H and O–H groups in total. The van der Waals surface area contributed by atoms with Gasteiger partial charge in [0.05, 0.1) is 25.9 Å². The van der Waals surface area contributed by atoms with Crippen molar-refractivity contribution in [1.29, 1.82) is 0 Å². The topological polar surface area (TPSA) is 100 Å². The molecule has 140 valence electrons. The quantitative estimate of drug-likeness (QED) is 0.438. The van der Waals surface area contributed by atoms with E-state index in [2.05, 4.69) is 35.8 Å². The van der Waals surface area contributed by atoms with Gasteiger partial charge in [0.2, 0.25) is 0 Å². The van der Waals surface area contributed by atoms with E-state index in [1.165, 1.54) is 0 Å². The van der Waals surface area contributed by atoms with E-state index in [9.17, 15) is 0 Å². The Morgan fingerprint density at radius 1 is 1.15 bits per heavy atom. The monoisotopic (exact) mass is 365 g/mol. The van der Waals surface area contributed by atoms with Gasteiger partial charge in [0.15, 0.2) is 11.8 Å². The summed E-state index contributed by atoms with van der Waals surface area (Å²) in [5.74, 6) is 2.87. The number of H-pyrrole nitrogens is 1. The van der Waals surface area contributed by atoms with Crippen molar-refractivity contribution >= 4 is 5.96 Å². The highest BCUT2D eigenvalue weighted by molar-refractivity contribution is 5.79. The predicted octanol–water partition coefficient (Wildman–Crippen LogP) is 2.13. The summed E-state index contributed by atoms with van der Waals surface area (Å²) in [4.78, 5) is 13.3. The van der Waals surface area contributed by atoms with Gasteiger partial charge in [0.25, 0.3) is 0 Å². The zero-order valence-electron chi connectivity index (χ0n) is 15.4. The molecule has 0 spiro atoms. The number of aromatic nitrogens is 4. The first-order valence-corrected chi connectivity index (χ1v) is 8.76. The van der Waals surface area contributed by atoms with Crippen molar-refractivity contribution in [3.63, 3.8) is 0 Å². The number of benzene rings is 1. The minimum atomic E-state index is 0.483. The van der Waals surface area contributed by atoms with Crippen LogP contribution in [0.25, 0.3) is 11.4 Å². The number of methoxy groups -OCH3 is 1. The summed E-state index contributed by atoms with van der Waals surface area (Å²) in [5.41, 5.74) is 1.84. The zero-order chi connectivity index (χ0) is 18.9. The Balaban J connectivity index is 1.61. The predicted molar refractivity (Wildman–Crippen MR) is 104 cm³/mol. The van der Waals surface area contributed by atoms with Gasteiger partial charge in [-0.1, -0.05) is 6.07 Å². The lowest BCUT2D eigenvalue weighted by Gasteiger charge is -2.09. The molecule has 2 heterocycles. The molecule has 0 bridgehead atoms. The van der Waals surface area contributed by atoms with Gasteiger partial charge >= 0.3 is 0 Å². The Labute approximate surface area is 158 Å². The number of aliphatic imine (C=N–C) groups is 1. The highest BCUT2D eigenvalue weighted by Gasteiger charge is 2.07. The van der Waals surface area contributed by atoms with E-state index < -0.39 is 0 Å². The van der Waals surface area contributed by atoms with Gasteiger partial charge in [-0.15, -0.1) is 0 Å². The third kappa shape index (κ3) is 5.27. The van der Waals surface area contributed by atoms with Gasteiger partial charge in [0, 0.05) is 18.3 Å². The summed E-state index contributed by atoms with van der Waals surface area (Å²) < 4.78 is 5.17. The van der Waals surface area contributed by atoms with Crippen LogP contribution in [-0.4, -0.2) is 39.8 Å². The molecule has 0 unspecified atom stereocenters. The number of aromatic amines is 1. The highest BCUT2D eigenvalue weighted by Crippen LogP contribution is 2.18. The van der Waals surface area contributed by atoms with Crippen LogP contribution in [0.15, 0.2) is 53.7 Å². The summed E-state index contributed by atoms with van der Waals surface area (Å²) in [7, 11) is 1.64. The molecular formula is C19H23N7O. The summed E-state index contributed by atoms with van der Waals surface area (Å²) in [5, 5.41) is 13.7. The molecule has 0 fully saturated rings. The number of hydrogen-bond donors (Lipinski definition) is 3. The molecule has 0 atom stereocenters. The lowest BCUT2D eigenvalue weighted by atomic mass is 10.2. The molecule has 3 rings (SSSR count). The van der Waals surface area contributed by atoms with E-state index in [1.54, 1.807) is 13.3 Å². The second kappa shape index (κ2) is 9.33. The maximum atomic E-state index is 5.17. The third-order valence-electron chi connectivity index (χ3n) is 3.77. The summed E-state index contributed by atoms with van der Waals surface area (Å²) in [6.45, 7) is 3.77. The fraction of sp³-hybridized carbons (Fsp3) is 0.263. The van der Waals surface area contributed by atoms with Crippen molar-refractivity contribution in [3.8, 4) is 17.1 Å². The fourth-order valence-corrected chi connectivity index (χ4v) is 2.40. The minimum absolute atomic E-state index is 0.483. The van der Waals surface area contributed by atoms with E-state index in [0.29, 0.717) is 24.9 Å². The van der Waals surface area contributed by atoms with Crippen molar-refractivity contribution in [1.82, 2.24) is 30.8 Å². The van der Waals surface area contributed by atoms with E-state index >= 15 is 0 Å². The Morgan fingerprint density at radius 3 is 2.70 bits per heavy atom. The number of hydrogen-bond acceptors (Lipinski definition) is 5. The average Bonchev–Trinajstić information content (AvgIpc) is 3.20. The minimum Gasteiger partial charge on any atom is -0.497 e. The van der Waals surface area contributed by atoms with E-state index in [1.807, 2.05) is 49.4 Å². The smallest absolute Gasteiger partial charge is 0.192 e. The Hall–Kier alpha value is -3.42. The molecule has 0 amide bonds. The number of guanidine groups is 1. The normalized spacial score (nSPS) is 11.3. The van der Waals surface area contributed by atoms with Gasteiger partial charge < -0.3 is 15.4 Å². The third-order valence-corrected chi connectivity index (χ3v) is 3.77. The number of pyridine rings is 1. The van der Waals surface area contributed by atoms with Crippen LogP contribution in [0.3, 0.4) is 0 Å². The molecule has 8 heteroatoms. The fourth-order valence-electron chi connectivity index (χ4n) is 2.40. The summed E-state index contributed by atoms with van der Waals surface area (Å²) in [6, 6.07) is 13.4. The number of nitrogens with one attached hydrogen (secondary N) is 3. The largest absolute Gasteiger partial charge is 0.497 e. The van der Waals surface area contributed by atoms with Crippen molar-refractivity contribution in [2.24, 2.45) is 4.99 Å². The number of rotatable bonds is 7. The molecule has 8 nitrogen and oxygen atoms in total. The first kappa shape index (κ1) is 18.4. The summed E-state index contributed by atoms with van der Waals surface area (Å²) >= 11 is 0. The van der Waals surface area contributed by atoms with Gasteiger partial charge in [-0.25, -0.2) is 9.98 Å². The first-order chi connectivity index (χ1) is 13.3. The number of ether oxygens (including phenoxy) is 1. The lowest BCUT2D eigenvalue weighted by Crippen LogP contribution is -2.37. The summed E-state index contributed by atoms with van der Waals surface area (Å²) in [6.07, 6.45) is 1.76. The van der Waals surface area contributed by atoms with Crippen LogP contribution in [0, 0.1) is 0 Å².